The molecule has 6 nitrogen and oxygen atoms in total. The lowest BCUT2D eigenvalue weighted by molar-refractivity contribution is 0.414. The Bertz CT molecular complexity index is 1290. The summed E-state index contributed by atoms with van der Waals surface area (Å²) in [7, 11) is 1.65. The van der Waals surface area contributed by atoms with E-state index < -0.39 is 5.95 Å². The summed E-state index contributed by atoms with van der Waals surface area (Å²) >= 11 is 0. The molecule has 0 aliphatic carbocycles. The largest absolute Gasteiger partial charge is 0.497 e. The molecular formula is C21H15FN4O2. The van der Waals surface area contributed by atoms with Crippen molar-refractivity contribution in [1.82, 2.24) is 19.5 Å². The molecule has 0 aliphatic heterocycles. The van der Waals surface area contributed by atoms with Crippen molar-refractivity contribution in [3.8, 4) is 17.2 Å². The van der Waals surface area contributed by atoms with Gasteiger partial charge in [-0.05, 0) is 42.0 Å². The molecule has 0 amide bonds. The van der Waals surface area contributed by atoms with Crippen molar-refractivity contribution in [2.24, 2.45) is 0 Å². The number of benzene rings is 1. The quantitative estimate of drug-likeness (QED) is 0.435. The van der Waals surface area contributed by atoms with Crippen LogP contribution in [0, 0.1) is 5.95 Å². The number of aromatic nitrogens is 4. The van der Waals surface area contributed by atoms with Gasteiger partial charge in [-0.3, -0.25) is 0 Å². The molecule has 4 heterocycles. The van der Waals surface area contributed by atoms with Gasteiger partial charge in [0.25, 0.3) is 0 Å². The summed E-state index contributed by atoms with van der Waals surface area (Å²) in [6, 6.07) is 14.7. The van der Waals surface area contributed by atoms with Crippen LogP contribution in [0.2, 0.25) is 0 Å². The van der Waals surface area contributed by atoms with E-state index in [0.29, 0.717) is 23.5 Å². The molecule has 0 unspecified atom stereocenters. The lowest BCUT2D eigenvalue weighted by Crippen LogP contribution is -1.99. The van der Waals surface area contributed by atoms with Crippen molar-refractivity contribution < 1.29 is 13.5 Å². The topological polar surface area (TPSA) is 66.0 Å². The highest BCUT2D eigenvalue weighted by Gasteiger charge is 2.12. The molecule has 5 aromatic rings. The van der Waals surface area contributed by atoms with E-state index >= 15 is 0 Å². The molecule has 1 aromatic carbocycles. The summed E-state index contributed by atoms with van der Waals surface area (Å²) in [6.07, 6.45) is 3.70. The highest BCUT2D eigenvalue weighted by molar-refractivity contribution is 5.81. The third-order valence-electron chi connectivity index (χ3n) is 4.58. The molecule has 0 saturated heterocycles. The molecule has 0 atom stereocenters. The molecule has 0 spiro atoms. The van der Waals surface area contributed by atoms with Gasteiger partial charge in [0.05, 0.1) is 12.7 Å². The standard InChI is InChI=1S/C21H15FN4O2/c1-27-16-4-2-13(3-5-16)12-26-9-8-14-10-15(11-23-19(14)26)20-24-17-6-7-18(22)25-21(17)28-20/h2-11H,12H2,1H3. The average Bonchev–Trinajstić information content (AvgIpc) is 3.32. The van der Waals surface area contributed by atoms with Crippen LogP contribution in [0.25, 0.3) is 33.7 Å². The zero-order chi connectivity index (χ0) is 19.1. The van der Waals surface area contributed by atoms with Gasteiger partial charge in [-0.1, -0.05) is 12.1 Å². The molecule has 5 rings (SSSR count). The van der Waals surface area contributed by atoms with Gasteiger partial charge < -0.3 is 13.7 Å². The fourth-order valence-electron chi connectivity index (χ4n) is 3.17. The van der Waals surface area contributed by atoms with Crippen LogP contribution < -0.4 is 4.74 Å². The summed E-state index contributed by atoms with van der Waals surface area (Å²) in [5.74, 6) is 0.598. The first-order chi connectivity index (χ1) is 13.7. The Labute approximate surface area is 159 Å². The van der Waals surface area contributed by atoms with E-state index in [9.17, 15) is 4.39 Å². The molecule has 28 heavy (non-hydrogen) atoms. The maximum atomic E-state index is 13.3. The Balaban J connectivity index is 1.48. The average molecular weight is 374 g/mol. The SMILES string of the molecule is COc1ccc(Cn2ccc3cc(-c4nc5ccc(F)nc5o4)cnc32)cc1. The van der Waals surface area contributed by atoms with Crippen LogP contribution in [-0.2, 0) is 6.54 Å². The molecular weight excluding hydrogens is 359 g/mol. The van der Waals surface area contributed by atoms with Crippen molar-refractivity contribution in [1.29, 1.82) is 0 Å². The van der Waals surface area contributed by atoms with Crippen molar-refractivity contribution in [2.75, 3.05) is 7.11 Å². The van der Waals surface area contributed by atoms with Gasteiger partial charge in [-0.15, -0.1) is 0 Å². The molecule has 0 saturated carbocycles. The number of nitrogens with zero attached hydrogens (tertiary/aromatic N) is 4. The molecule has 4 aromatic heterocycles. The van der Waals surface area contributed by atoms with Gasteiger partial charge in [0.1, 0.15) is 16.9 Å². The summed E-state index contributed by atoms with van der Waals surface area (Å²) in [5.41, 5.74) is 3.41. The van der Waals surface area contributed by atoms with Crippen LogP contribution in [0.5, 0.6) is 5.75 Å². The Morgan fingerprint density at radius 1 is 1.07 bits per heavy atom. The summed E-state index contributed by atoms with van der Waals surface area (Å²) in [5, 5.41) is 0.965. The van der Waals surface area contributed by atoms with E-state index in [-0.39, 0.29) is 5.71 Å². The Morgan fingerprint density at radius 3 is 2.75 bits per heavy atom. The molecule has 0 radical (unpaired) electrons. The van der Waals surface area contributed by atoms with E-state index in [1.807, 2.05) is 42.6 Å². The molecule has 0 aliphatic rings. The zero-order valence-electron chi connectivity index (χ0n) is 15.0. The number of ether oxygens (including phenoxy) is 1. The smallest absolute Gasteiger partial charge is 0.250 e. The lowest BCUT2D eigenvalue weighted by atomic mass is 10.2. The number of fused-ring (bicyclic) bond motifs is 2. The van der Waals surface area contributed by atoms with Crippen molar-refractivity contribution in [3.05, 3.63) is 72.4 Å². The van der Waals surface area contributed by atoms with E-state index in [1.165, 1.54) is 6.07 Å². The lowest BCUT2D eigenvalue weighted by Gasteiger charge is -2.06. The predicted molar refractivity (Wildman–Crippen MR) is 103 cm³/mol. The first-order valence-electron chi connectivity index (χ1n) is 8.71. The van der Waals surface area contributed by atoms with Crippen LogP contribution >= 0.6 is 0 Å². The van der Waals surface area contributed by atoms with E-state index in [1.54, 1.807) is 19.4 Å². The van der Waals surface area contributed by atoms with Crippen LogP contribution in [0.3, 0.4) is 0 Å². The van der Waals surface area contributed by atoms with Crippen LogP contribution in [-0.4, -0.2) is 26.6 Å². The second-order valence-electron chi connectivity index (χ2n) is 6.41. The van der Waals surface area contributed by atoms with Gasteiger partial charge in [-0.2, -0.15) is 9.37 Å². The first-order valence-corrected chi connectivity index (χ1v) is 8.71. The minimum absolute atomic E-state index is 0.173. The molecule has 0 bridgehead atoms. The summed E-state index contributed by atoms with van der Waals surface area (Å²) < 4.78 is 26.1. The molecule has 0 fully saturated rings. The molecule has 0 N–H and O–H groups in total. The Hall–Kier alpha value is -3.74. The van der Waals surface area contributed by atoms with Crippen molar-refractivity contribution >= 4 is 22.3 Å². The fourth-order valence-corrected chi connectivity index (χ4v) is 3.17. The number of pyridine rings is 2. The first kappa shape index (κ1) is 16.4. The van der Waals surface area contributed by atoms with Gasteiger partial charge >= 0.3 is 0 Å². The summed E-state index contributed by atoms with van der Waals surface area (Å²) in [4.78, 5) is 12.7. The maximum Gasteiger partial charge on any atom is 0.250 e. The second-order valence-corrected chi connectivity index (χ2v) is 6.41. The van der Waals surface area contributed by atoms with Crippen LogP contribution in [0.1, 0.15) is 5.56 Å². The minimum Gasteiger partial charge on any atom is -0.497 e. The summed E-state index contributed by atoms with van der Waals surface area (Å²) in [6.45, 7) is 0.700. The van der Waals surface area contributed by atoms with Crippen LogP contribution in [0.15, 0.2) is 65.3 Å². The second kappa shape index (κ2) is 6.45. The number of hydrogen-bond donors (Lipinski definition) is 0. The van der Waals surface area contributed by atoms with E-state index in [4.69, 9.17) is 9.15 Å². The normalized spacial score (nSPS) is 11.4. The highest BCUT2D eigenvalue weighted by atomic mass is 19.1. The van der Waals surface area contributed by atoms with Gasteiger partial charge in [-0.25, -0.2) is 9.97 Å². The molecule has 138 valence electrons. The third-order valence-corrected chi connectivity index (χ3v) is 4.58. The van der Waals surface area contributed by atoms with Gasteiger partial charge in [0.15, 0.2) is 0 Å². The number of hydrogen-bond acceptors (Lipinski definition) is 5. The predicted octanol–water partition coefficient (Wildman–Crippen LogP) is 4.44. The fraction of sp³-hybridized carbons (Fsp3) is 0.0952. The highest BCUT2D eigenvalue weighted by Crippen LogP contribution is 2.26. The minimum atomic E-state index is -0.598. The van der Waals surface area contributed by atoms with E-state index in [0.717, 1.165) is 22.3 Å². The number of methoxy groups -OCH3 is 1. The van der Waals surface area contributed by atoms with Crippen molar-refractivity contribution in [3.63, 3.8) is 0 Å². The zero-order valence-corrected chi connectivity index (χ0v) is 15.0. The van der Waals surface area contributed by atoms with Crippen LogP contribution in [0.4, 0.5) is 4.39 Å². The number of oxazole rings is 1. The Kier molecular flexibility index (Phi) is 3.79. The maximum absolute atomic E-state index is 13.3. The van der Waals surface area contributed by atoms with Crippen molar-refractivity contribution in [2.45, 2.75) is 6.54 Å². The molecule has 7 heteroatoms. The van der Waals surface area contributed by atoms with Gasteiger partial charge in [0.2, 0.25) is 17.6 Å². The number of halogens is 1. The monoisotopic (exact) mass is 374 g/mol. The van der Waals surface area contributed by atoms with Gasteiger partial charge in [0, 0.05) is 24.3 Å². The third kappa shape index (κ3) is 2.87. The van der Waals surface area contributed by atoms with E-state index in [2.05, 4.69) is 19.5 Å². The number of rotatable bonds is 4. The Morgan fingerprint density at radius 2 is 1.93 bits per heavy atom.